The topological polar surface area (TPSA) is 238 Å². The molecule has 0 saturated carbocycles. The first-order valence-electron chi connectivity index (χ1n) is 38.8. The van der Waals surface area contributed by atoms with Crippen LogP contribution in [-0.2, 0) is 40.6 Å². The number of fused-ring (bicyclic) bond motifs is 12. The highest BCUT2D eigenvalue weighted by Crippen LogP contribution is 2.46. The molecule has 0 spiro atoms. The number of rotatable bonds is 11. The van der Waals surface area contributed by atoms with E-state index in [9.17, 15) is 14.4 Å². The first-order valence-corrected chi connectivity index (χ1v) is 43.6. The Morgan fingerprint density at radius 1 is 0.424 bits per heavy atom. The van der Waals surface area contributed by atoms with Crippen LogP contribution < -0.4 is 0 Å². The summed E-state index contributed by atoms with van der Waals surface area (Å²) in [5, 5.41) is 33.1. The molecule has 118 heavy (non-hydrogen) atoms. The maximum atomic E-state index is 12.8. The lowest BCUT2D eigenvalue weighted by Crippen LogP contribution is -2.25. The van der Waals surface area contributed by atoms with E-state index in [1.807, 2.05) is 184 Å². The van der Waals surface area contributed by atoms with Crippen molar-refractivity contribution in [1.82, 2.24) is 53.8 Å². The number of carbonyl (C=O) groups excluding carboxylic acids is 3. The summed E-state index contributed by atoms with van der Waals surface area (Å²) in [5.41, 5.74) is 15.4. The Morgan fingerprint density at radius 2 is 0.771 bits per heavy atom. The van der Waals surface area contributed by atoms with E-state index in [2.05, 4.69) is 125 Å². The molecule has 16 rings (SSSR count). The Balaban J connectivity index is 0.000000137. The van der Waals surface area contributed by atoms with Gasteiger partial charge < -0.3 is 14.2 Å². The maximum absolute atomic E-state index is 12.8. The van der Waals surface area contributed by atoms with Crippen LogP contribution in [0.3, 0.4) is 0 Å². The average molecular weight is 1740 g/mol. The van der Waals surface area contributed by atoms with Crippen molar-refractivity contribution in [2.75, 3.05) is 0 Å². The molecule has 4 aliphatic heterocycles. The van der Waals surface area contributed by atoms with E-state index in [1.165, 1.54) is 41.8 Å². The minimum Gasteiger partial charge on any atom is -0.460 e. The highest BCUT2D eigenvalue weighted by atomic mass is 35.5. The molecular weight excluding hydrogens is 1650 g/mol. The first kappa shape index (κ1) is 86.4. The molecule has 0 radical (unpaired) electrons. The minimum absolute atomic E-state index is 0.0834. The smallest absolute Gasteiger partial charge is 0.308 e. The summed E-state index contributed by atoms with van der Waals surface area (Å²) < 4.78 is 25.1. The van der Waals surface area contributed by atoms with E-state index < -0.39 is 40.5 Å². The van der Waals surface area contributed by atoms with E-state index >= 15 is 0 Å². The van der Waals surface area contributed by atoms with Crippen LogP contribution in [0.1, 0.15) is 247 Å². The number of ether oxygens (including phenoxy) is 3. The van der Waals surface area contributed by atoms with E-state index in [-0.39, 0.29) is 37.2 Å². The van der Waals surface area contributed by atoms with Crippen molar-refractivity contribution in [2.24, 2.45) is 20.0 Å². The third kappa shape index (κ3) is 18.2. The number of hydrogen-bond donors (Lipinski definition) is 0. The molecule has 0 bridgehead atoms. The van der Waals surface area contributed by atoms with Crippen LogP contribution in [0.25, 0.3) is 20.0 Å². The third-order valence-electron chi connectivity index (χ3n) is 20.2. The number of halogens is 4. The lowest BCUT2D eigenvalue weighted by atomic mass is 9.98. The molecule has 21 nitrogen and oxygen atoms in total. The van der Waals surface area contributed by atoms with Crippen LogP contribution in [-0.4, -0.2) is 111 Å². The SMILES string of the molecule is CCc1nnc2n1-c1sc(C)c(C)c1C(c1ccc(Cl)cc1)=N[C@H]2CC(=O)OC(C)(C)C.Cc1sc2c(c1C)C(c1ccc(Cl)cc1)=NC(C)(C)c1nnc(C)n1-2.Cc1sc2c(c1C)C(c1ccc(Cl)cc1)=NC(CC(=O)OC(C)(C)C)c1ncc(C)n1-2.Cc1sc2c(c1C)C(c1ccc(Cl)cc1)=N[C@@H](CC(=O)OC(C)(C)C)c1nncn1-2. The second kappa shape index (κ2) is 34.0. The van der Waals surface area contributed by atoms with Gasteiger partial charge in [-0.2, -0.15) is 0 Å². The fraction of sp³-hybridized carbons (Fsp3) is 0.371. The molecule has 0 aliphatic carbocycles. The largest absolute Gasteiger partial charge is 0.460 e. The Hall–Kier alpha value is -9.44. The Bertz CT molecular complexity index is 5990. The summed E-state index contributed by atoms with van der Waals surface area (Å²) in [7, 11) is 0. The van der Waals surface area contributed by atoms with Crippen LogP contribution in [0, 0.1) is 69.2 Å². The molecule has 4 aliphatic rings. The summed E-state index contributed by atoms with van der Waals surface area (Å²) in [6, 6.07) is 29.4. The number of aliphatic imine (C=N–C) groups is 4. The van der Waals surface area contributed by atoms with Gasteiger partial charge in [-0.15, -0.1) is 75.9 Å². The lowest BCUT2D eigenvalue weighted by molar-refractivity contribution is -0.156. The number of carbonyl (C=O) groups is 3. The number of imidazole rings is 1. The van der Waals surface area contributed by atoms with Gasteiger partial charge in [0.2, 0.25) is 0 Å². The van der Waals surface area contributed by atoms with Gasteiger partial charge in [0.1, 0.15) is 84.3 Å². The van der Waals surface area contributed by atoms with Crippen molar-refractivity contribution in [3.05, 3.63) is 257 Å². The molecule has 0 amide bonds. The Kier molecular flexibility index (Phi) is 24.9. The number of benzene rings is 4. The number of nitrogens with zero attached hydrogens (tertiary/aromatic N) is 15. The van der Waals surface area contributed by atoms with Crippen molar-refractivity contribution < 1.29 is 28.6 Å². The summed E-state index contributed by atoms with van der Waals surface area (Å²) in [6.45, 7) is 44.0. The molecule has 8 aromatic heterocycles. The van der Waals surface area contributed by atoms with Gasteiger partial charge in [-0.05, 0) is 216 Å². The van der Waals surface area contributed by atoms with Crippen molar-refractivity contribution in [1.29, 1.82) is 0 Å². The predicted octanol–water partition coefficient (Wildman–Crippen LogP) is 22.1. The van der Waals surface area contributed by atoms with Gasteiger partial charge in [0.25, 0.3) is 0 Å². The molecule has 12 aromatic rings. The van der Waals surface area contributed by atoms with E-state index in [0.717, 1.165) is 128 Å². The van der Waals surface area contributed by atoms with Gasteiger partial charge in [-0.3, -0.25) is 52.6 Å². The van der Waals surface area contributed by atoms with Crippen molar-refractivity contribution in [2.45, 2.75) is 218 Å². The van der Waals surface area contributed by atoms with Gasteiger partial charge in [0.15, 0.2) is 17.5 Å². The van der Waals surface area contributed by atoms with E-state index in [1.54, 1.807) is 51.7 Å². The monoisotopic (exact) mass is 1740 g/mol. The van der Waals surface area contributed by atoms with E-state index in [0.29, 0.717) is 26.7 Å². The van der Waals surface area contributed by atoms with Crippen molar-refractivity contribution >= 4 is 133 Å². The van der Waals surface area contributed by atoms with Crippen LogP contribution in [0.4, 0.5) is 0 Å². The van der Waals surface area contributed by atoms with Crippen LogP contribution in [0.5, 0.6) is 0 Å². The maximum Gasteiger partial charge on any atom is 0.308 e. The standard InChI is InChI=1S/C24H27ClN4O2S.C24H26ClN3O2S.C22H23ClN4O2S.C19H19ClN4S/c1-7-18-27-28-22-17(12-19(30)31-24(4,5)6)26-21(15-8-10-16(25)11-9-15)20-13(2)14(3)32-23(20)29(18)22;1-13-12-26-22-18(11-19(29)30-24(4,5)6)27-21(16-7-9-17(25)10-8-16)20-14(2)15(3)31-23(20)28(13)22;1-12-13(2)30-21-18(12)19(14-6-8-15(23)9-7-14)25-16(20-26-24-11-27(20)21)10-17(28)29-22(3,4)5;1-10-11(2)25-17-15(10)16(13-6-8-14(20)9-7-13)21-19(4,5)18-23-22-12(3)24(17)18/h8-11,17H,7,12H2,1-6H3;7-10,12,18H,11H2,1-6H3;6-9,11,16H,10H2,1-5H3;6-9H,1-5H3/t17-;;16-;/m0.0./s1. The molecule has 4 aromatic carbocycles. The normalized spacial score (nSPS) is 15.6. The fourth-order valence-electron chi connectivity index (χ4n) is 14.3. The van der Waals surface area contributed by atoms with Crippen LogP contribution in [0.15, 0.2) is 130 Å². The average Bonchev–Trinajstić information content (AvgIpc) is 1.62. The quantitative estimate of drug-likeness (QED) is 0.0866. The molecule has 3 atom stereocenters. The Labute approximate surface area is 724 Å². The molecule has 29 heteroatoms. The fourth-order valence-corrected chi connectivity index (χ4v) is 19.6. The van der Waals surface area contributed by atoms with Gasteiger partial charge >= 0.3 is 17.9 Å². The summed E-state index contributed by atoms with van der Waals surface area (Å²) in [6.07, 6.45) is 4.54. The van der Waals surface area contributed by atoms with Crippen LogP contribution in [0.2, 0.25) is 20.1 Å². The molecular formula is C89H95Cl4N15O6S4. The molecule has 0 N–H and O–H groups in total. The van der Waals surface area contributed by atoms with Gasteiger partial charge in [0.05, 0.1) is 42.1 Å². The zero-order valence-corrected chi connectivity index (χ0v) is 76.5. The predicted molar refractivity (Wildman–Crippen MR) is 477 cm³/mol. The van der Waals surface area contributed by atoms with Crippen molar-refractivity contribution in [3.63, 3.8) is 0 Å². The highest BCUT2D eigenvalue weighted by Gasteiger charge is 2.40. The second-order valence-electron chi connectivity index (χ2n) is 33.0. The number of aromatic nitrogens is 11. The zero-order valence-electron chi connectivity index (χ0n) is 70.3. The lowest BCUT2D eigenvalue weighted by Gasteiger charge is -2.21. The molecule has 0 fully saturated rings. The van der Waals surface area contributed by atoms with Crippen molar-refractivity contribution in [3.8, 4) is 20.0 Å². The molecule has 614 valence electrons. The third-order valence-corrected chi connectivity index (χ3v) is 26.0. The Morgan fingerprint density at radius 3 is 1.17 bits per heavy atom. The number of hydrogen-bond acceptors (Lipinski definition) is 21. The second-order valence-corrected chi connectivity index (χ2v) is 39.5. The number of thiophene rings is 4. The number of aryl methyl sites for hydroxylation is 7. The summed E-state index contributed by atoms with van der Waals surface area (Å²) in [4.78, 5) is 68.1. The summed E-state index contributed by atoms with van der Waals surface area (Å²) >= 11 is 31.4. The number of esters is 3. The van der Waals surface area contributed by atoms with Gasteiger partial charge in [0, 0.05) is 102 Å². The molecule has 12 heterocycles. The van der Waals surface area contributed by atoms with Crippen LogP contribution >= 0.6 is 91.8 Å². The van der Waals surface area contributed by atoms with Gasteiger partial charge in [-0.1, -0.05) is 102 Å². The van der Waals surface area contributed by atoms with Gasteiger partial charge in [-0.25, -0.2) is 4.98 Å². The first-order chi connectivity index (χ1) is 55.6. The summed E-state index contributed by atoms with van der Waals surface area (Å²) in [5.74, 6) is 3.74. The highest BCUT2D eigenvalue weighted by molar-refractivity contribution is 7.16. The zero-order chi connectivity index (χ0) is 85.3. The molecule has 0 saturated heterocycles. The van der Waals surface area contributed by atoms with E-state index in [4.69, 9.17) is 80.6 Å². The molecule has 1 unspecified atom stereocenters. The minimum atomic E-state index is -0.570.